The van der Waals surface area contributed by atoms with E-state index in [9.17, 15) is 4.79 Å². The number of nitrogens with one attached hydrogen (secondary N) is 1. The Labute approximate surface area is 149 Å². The van der Waals surface area contributed by atoms with Crippen molar-refractivity contribution in [2.24, 2.45) is 5.10 Å². The van der Waals surface area contributed by atoms with E-state index >= 15 is 0 Å². The second kappa shape index (κ2) is 7.03. The molecule has 1 amide bonds. The van der Waals surface area contributed by atoms with E-state index in [1.165, 1.54) is 0 Å². The van der Waals surface area contributed by atoms with Crippen molar-refractivity contribution >= 4 is 34.3 Å². The van der Waals surface area contributed by atoms with E-state index in [1.807, 2.05) is 54.2 Å². The smallest absolute Gasteiger partial charge is 0.267 e. The van der Waals surface area contributed by atoms with Gasteiger partial charge in [-0.1, -0.05) is 18.2 Å². The Hall–Kier alpha value is -2.73. The van der Waals surface area contributed by atoms with E-state index in [2.05, 4.69) is 20.5 Å². The summed E-state index contributed by atoms with van der Waals surface area (Å²) in [7, 11) is 0. The predicted molar refractivity (Wildman–Crippen MR) is 102 cm³/mol. The Bertz CT molecular complexity index is 948. The number of carbonyl (C=O) groups is 1. The molecule has 2 aromatic heterocycles. The van der Waals surface area contributed by atoms with Gasteiger partial charge in [-0.25, -0.2) is 10.4 Å². The minimum absolute atomic E-state index is 0.210. The van der Waals surface area contributed by atoms with Gasteiger partial charge in [0.25, 0.3) is 5.91 Å². The highest BCUT2D eigenvalue weighted by Gasteiger charge is 2.15. The van der Waals surface area contributed by atoms with Crippen LogP contribution in [0.3, 0.4) is 0 Å². The largest absolute Gasteiger partial charge is 0.272 e. The van der Waals surface area contributed by atoms with Gasteiger partial charge < -0.3 is 0 Å². The minimum atomic E-state index is -0.210. The summed E-state index contributed by atoms with van der Waals surface area (Å²) in [5, 5.41) is 5.09. The number of thioether (sulfide) groups is 1. The van der Waals surface area contributed by atoms with Crippen LogP contribution in [0.25, 0.3) is 22.2 Å². The number of fused-ring (bicyclic) bond motifs is 1. The van der Waals surface area contributed by atoms with E-state index in [-0.39, 0.29) is 5.91 Å². The molecule has 3 aromatic rings. The molecule has 5 nitrogen and oxygen atoms in total. The van der Waals surface area contributed by atoms with Gasteiger partial charge in [0.05, 0.1) is 16.8 Å². The summed E-state index contributed by atoms with van der Waals surface area (Å²) < 4.78 is 0. The highest BCUT2D eigenvalue weighted by Crippen LogP contribution is 2.24. The number of amides is 1. The van der Waals surface area contributed by atoms with Gasteiger partial charge in [-0.3, -0.25) is 9.78 Å². The number of nitrogens with zero attached hydrogens (tertiary/aromatic N) is 3. The molecular weight excluding hydrogens is 332 g/mol. The van der Waals surface area contributed by atoms with E-state index < -0.39 is 0 Å². The summed E-state index contributed by atoms with van der Waals surface area (Å²) in [6.07, 6.45) is 4.37. The molecule has 25 heavy (non-hydrogen) atoms. The standard InChI is InChI=1S/C19H16N4OS/c24-19(23-22-14-7-10-25-12-14)16-11-18(13-5-8-20-9-6-13)21-17-4-2-1-3-15(16)17/h1-6,8-9,11H,7,10,12H2,(H,23,24)/b22-14+. The predicted octanol–water partition coefficient (Wildman–Crippen LogP) is 3.52. The Morgan fingerprint density at radius 1 is 1.16 bits per heavy atom. The summed E-state index contributed by atoms with van der Waals surface area (Å²) >= 11 is 1.83. The third-order valence-corrected chi connectivity index (χ3v) is 5.09. The number of hydrogen-bond donors (Lipinski definition) is 1. The molecule has 3 heterocycles. The molecule has 1 saturated heterocycles. The fraction of sp³-hybridized carbons (Fsp3) is 0.158. The molecule has 1 aliphatic heterocycles. The molecule has 124 valence electrons. The molecule has 0 atom stereocenters. The van der Waals surface area contributed by atoms with Crippen LogP contribution < -0.4 is 5.43 Å². The van der Waals surface area contributed by atoms with Crippen LogP contribution in [-0.2, 0) is 0 Å². The number of para-hydroxylation sites is 1. The van der Waals surface area contributed by atoms with Crippen molar-refractivity contribution in [1.29, 1.82) is 0 Å². The van der Waals surface area contributed by atoms with E-state index in [1.54, 1.807) is 12.4 Å². The number of carbonyl (C=O) groups excluding carboxylic acids is 1. The molecule has 0 bridgehead atoms. The number of hydrogen-bond acceptors (Lipinski definition) is 5. The molecule has 0 saturated carbocycles. The summed E-state index contributed by atoms with van der Waals surface area (Å²) in [6, 6.07) is 13.2. The van der Waals surface area contributed by atoms with E-state index in [4.69, 9.17) is 0 Å². The van der Waals surface area contributed by atoms with Crippen LogP contribution >= 0.6 is 11.8 Å². The Morgan fingerprint density at radius 3 is 2.80 bits per heavy atom. The average Bonchev–Trinajstić information content (AvgIpc) is 3.19. The molecule has 1 fully saturated rings. The first-order valence-electron chi connectivity index (χ1n) is 8.05. The number of pyridine rings is 2. The first-order chi connectivity index (χ1) is 12.3. The number of rotatable bonds is 3. The summed E-state index contributed by atoms with van der Waals surface area (Å²) in [5.41, 5.74) is 6.77. The van der Waals surface area contributed by atoms with Crippen LogP contribution in [-0.4, -0.2) is 33.1 Å². The zero-order valence-electron chi connectivity index (χ0n) is 13.5. The molecular formula is C19H16N4OS. The SMILES string of the molecule is O=C(N/N=C1\CCSC1)c1cc(-c2ccncc2)nc2ccccc12. The van der Waals surface area contributed by atoms with Crippen LogP contribution in [0.4, 0.5) is 0 Å². The third-order valence-electron chi connectivity index (χ3n) is 4.06. The van der Waals surface area contributed by atoms with Crippen LogP contribution in [0.2, 0.25) is 0 Å². The Kier molecular flexibility index (Phi) is 4.43. The Morgan fingerprint density at radius 2 is 2.00 bits per heavy atom. The van der Waals surface area contributed by atoms with Crippen LogP contribution in [0.1, 0.15) is 16.8 Å². The van der Waals surface area contributed by atoms with Crippen LogP contribution in [0.5, 0.6) is 0 Å². The molecule has 1 aliphatic rings. The number of hydrazone groups is 1. The van der Waals surface area contributed by atoms with E-state index in [0.717, 1.165) is 45.8 Å². The van der Waals surface area contributed by atoms with Crippen molar-refractivity contribution in [3.63, 3.8) is 0 Å². The average molecular weight is 348 g/mol. The maximum absolute atomic E-state index is 12.7. The second-order valence-electron chi connectivity index (χ2n) is 5.73. The van der Waals surface area contributed by atoms with Gasteiger partial charge in [-0.15, -0.1) is 0 Å². The summed E-state index contributed by atoms with van der Waals surface area (Å²) in [5.74, 6) is 1.75. The second-order valence-corrected chi connectivity index (χ2v) is 6.83. The molecule has 4 rings (SSSR count). The molecule has 1 N–H and O–H groups in total. The first-order valence-corrected chi connectivity index (χ1v) is 9.20. The topological polar surface area (TPSA) is 67.2 Å². The van der Waals surface area contributed by atoms with Gasteiger partial charge in [0.1, 0.15) is 0 Å². The molecule has 0 aliphatic carbocycles. The van der Waals surface area contributed by atoms with Gasteiger partial charge in [0, 0.05) is 34.8 Å². The lowest BCUT2D eigenvalue weighted by Gasteiger charge is -2.09. The fourth-order valence-corrected chi connectivity index (χ4v) is 3.73. The lowest BCUT2D eigenvalue weighted by atomic mass is 10.0. The van der Waals surface area contributed by atoms with Crippen molar-refractivity contribution in [2.45, 2.75) is 6.42 Å². The maximum atomic E-state index is 12.7. The zero-order valence-corrected chi connectivity index (χ0v) is 14.3. The van der Waals surface area contributed by atoms with E-state index in [0.29, 0.717) is 5.56 Å². The number of aromatic nitrogens is 2. The quantitative estimate of drug-likeness (QED) is 0.736. The maximum Gasteiger partial charge on any atom is 0.272 e. The van der Waals surface area contributed by atoms with Gasteiger partial charge in [-0.2, -0.15) is 16.9 Å². The highest BCUT2D eigenvalue weighted by atomic mass is 32.2. The van der Waals surface area contributed by atoms with Crippen molar-refractivity contribution < 1.29 is 4.79 Å². The van der Waals surface area contributed by atoms with Crippen molar-refractivity contribution in [3.05, 3.63) is 60.4 Å². The first kappa shape index (κ1) is 15.8. The molecule has 1 aromatic carbocycles. The summed E-state index contributed by atoms with van der Waals surface area (Å²) in [6.45, 7) is 0. The van der Waals surface area contributed by atoms with Crippen LogP contribution in [0, 0.1) is 0 Å². The lowest BCUT2D eigenvalue weighted by molar-refractivity contribution is 0.0956. The zero-order chi connectivity index (χ0) is 17.1. The van der Waals surface area contributed by atoms with Gasteiger partial charge in [0.2, 0.25) is 0 Å². The monoisotopic (exact) mass is 348 g/mol. The highest BCUT2D eigenvalue weighted by molar-refractivity contribution is 8.00. The van der Waals surface area contributed by atoms with Gasteiger partial charge in [-0.05, 0) is 36.4 Å². The Balaban J connectivity index is 1.76. The lowest BCUT2D eigenvalue weighted by Crippen LogP contribution is -2.20. The van der Waals surface area contributed by atoms with Crippen molar-refractivity contribution in [3.8, 4) is 11.3 Å². The summed E-state index contributed by atoms with van der Waals surface area (Å²) in [4.78, 5) is 21.5. The van der Waals surface area contributed by atoms with Gasteiger partial charge >= 0.3 is 0 Å². The van der Waals surface area contributed by atoms with Crippen LogP contribution in [0.15, 0.2) is 60.0 Å². The molecule has 0 spiro atoms. The molecule has 0 radical (unpaired) electrons. The third kappa shape index (κ3) is 3.39. The van der Waals surface area contributed by atoms with Crippen molar-refractivity contribution in [2.75, 3.05) is 11.5 Å². The fourth-order valence-electron chi connectivity index (χ4n) is 2.76. The normalized spacial score (nSPS) is 15.6. The molecule has 6 heteroatoms. The van der Waals surface area contributed by atoms with Gasteiger partial charge in [0.15, 0.2) is 0 Å². The minimum Gasteiger partial charge on any atom is -0.267 e. The molecule has 0 unspecified atom stereocenters. The van der Waals surface area contributed by atoms with Crippen molar-refractivity contribution in [1.82, 2.24) is 15.4 Å². The number of benzene rings is 1.